The third-order valence-electron chi connectivity index (χ3n) is 3.94. The molecular formula is C21H25NO4. The Morgan fingerprint density at radius 1 is 1.08 bits per heavy atom. The van der Waals surface area contributed by atoms with Gasteiger partial charge in [-0.25, -0.2) is 9.78 Å². The van der Waals surface area contributed by atoms with Gasteiger partial charge in [0.05, 0.1) is 12.5 Å². The molecule has 0 aliphatic heterocycles. The van der Waals surface area contributed by atoms with Crippen LogP contribution in [0.4, 0.5) is 0 Å². The standard InChI is InChI=1S/C21H25NO4/c1-5-25-21(24)18-7-6-12-22-19(18)26-20(23)15(4)17-10-8-16(9-11-17)13-14(2)3/h6-12,14-15H,5,13H2,1-4H3. The Kier molecular flexibility index (Phi) is 6.89. The predicted octanol–water partition coefficient (Wildman–Crippen LogP) is 4.17. The van der Waals surface area contributed by atoms with E-state index in [-0.39, 0.29) is 18.1 Å². The van der Waals surface area contributed by atoms with Crippen LogP contribution in [-0.4, -0.2) is 23.5 Å². The minimum Gasteiger partial charge on any atom is -0.462 e. The lowest BCUT2D eigenvalue weighted by Crippen LogP contribution is -2.19. The number of hydrogen-bond donors (Lipinski definition) is 0. The molecule has 0 radical (unpaired) electrons. The average molecular weight is 355 g/mol. The van der Waals surface area contributed by atoms with Gasteiger partial charge in [0.1, 0.15) is 5.56 Å². The van der Waals surface area contributed by atoms with Gasteiger partial charge in [0, 0.05) is 6.20 Å². The van der Waals surface area contributed by atoms with Gasteiger partial charge in [-0.05, 0) is 49.4 Å². The van der Waals surface area contributed by atoms with E-state index in [1.54, 1.807) is 19.9 Å². The molecule has 0 aliphatic carbocycles. The molecule has 1 heterocycles. The highest BCUT2D eigenvalue weighted by atomic mass is 16.6. The highest BCUT2D eigenvalue weighted by Crippen LogP contribution is 2.22. The highest BCUT2D eigenvalue weighted by molar-refractivity contribution is 5.93. The first-order valence-electron chi connectivity index (χ1n) is 8.85. The maximum absolute atomic E-state index is 12.5. The molecule has 5 heteroatoms. The van der Waals surface area contributed by atoms with Gasteiger partial charge in [-0.1, -0.05) is 38.1 Å². The average Bonchev–Trinajstić information content (AvgIpc) is 2.62. The van der Waals surface area contributed by atoms with E-state index in [1.807, 2.05) is 24.3 Å². The second-order valence-corrected chi connectivity index (χ2v) is 6.56. The van der Waals surface area contributed by atoms with Gasteiger partial charge in [-0.2, -0.15) is 0 Å². The highest BCUT2D eigenvalue weighted by Gasteiger charge is 2.22. The summed E-state index contributed by atoms with van der Waals surface area (Å²) >= 11 is 0. The van der Waals surface area contributed by atoms with Crippen LogP contribution < -0.4 is 4.74 Å². The zero-order valence-corrected chi connectivity index (χ0v) is 15.7. The van der Waals surface area contributed by atoms with Crippen LogP contribution in [0.25, 0.3) is 0 Å². The summed E-state index contributed by atoms with van der Waals surface area (Å²) in [4.78, 5) is 28.5. The molecule has 0 fully saturated rings. The zero-order chi connectivity index (χ0) is 19.1. The van der Waals surface area contributed by atoms with E-state index in [1.165, 1.54) is 17.8 Å². The molecule has 0 amide bonds. The van der Waals surface area contributed by atoms with E-state index in [4.69, 9.17) is 9.47 Å². The zero-order valence-electron chi connectivity index (χ0n) is 15.7. The van der Waals surface area contributed by atoms with Gasteiger partial charge in [0.15, 0.2) is 0 Å². The number of carbonyl (C=O) groups is 2. The maximum atomic E-state index is 12.5. The monoisotopic (exact) mass is 355 g/mol. The quantitative estimate of drug-likeness (QED) is 0.698. The van der Waals surface area contributed by atoms with Crippen molar-refractivity contribution in [1.29, 1.82) is 0 Å². The Balaban J connectivity index is 2.11. The second-order valence-electron chi connectivity index (χ2n) is 6.56. The molecule has 5 nitrogen and oxygen atoms in total. The van der Waals surface area contributed by atoms with E-state index in [2.05, 4.69) is 18.8 Å². The lowest BCUT2D eigenvalue weighted by molar-refractivity contribution is -0.136. The maximum Gasteiger partial charge on any atom is 0.343 e. The number of hydrogen-bond acceptors (Lipinski definition) is 5. The predicted molar refractivity (Wildman–Crippen MR) is 99.2 cm³/mol. The first-order valence-corrected chi connectivity index (χ1v) is 8.85. The molecule has 0 saturated carbocycles. The molecule has 2 rings (SSSR count). The number of rotatable bonds is 7. The summed E-state index contributed by atoms with van der Waals surface area (Å²) < 4.78 is 10.3. The second kappa shape index (κ2) is 9.13. The van der Waals surface area contributed by atoms with Gasteiger partial charge in [-0.3, -0.25) is 4.79 Å². The molecule has 0 aliphatic rings. The van der Waals surface area contributed by atoms with Crippen LogP contribution in [-0.2, 0) is 16.0 Å². The minimum absolute atomic E-state index is 0.0285. The molecule has 1 aromatic carbocycles. The fourth-order valence-corrected chi connectivity index (χ4v) is 2.57. The van der Waals surface area contributed by atoms with Crippen LogP contribution in [0.2, 0.25) is 0 Å². The SMILES string of the molecule is CCOC(=O)c1cccnc1OC(=O)C(C)c1ccc(CC(C)C)cc1. The summed E-state index contributed by atoms with van der Waals surface area (Å²) in [5, 5.41) is 0. The van der Waals surface area contributed by atoms with Crippen LogP contribution in [0, 0.1) is 5.92 Å². The van der Waals surface area contributed by atoms with Crippen molar-refractivity contribution in [2.45, 2.75) is 40.0 Å². The third kappa shape index (κ3) is 5.15. The Bertz CT molecular complexity index is 753. The van der Waals surface area contributed by atoms with E-state index < -0.39 is 17.9 Å². The third-order valence-corrected chi connectivity index (χ3v) is 3.94. The van der Waals surface area contributed by atoms with Gasteiger partial charge >= 0.3 is 11.9 Å². The van der Waals surface area contributed by atoms with Crippen molar-refractivity contribution in [3.8, 4) is 5.88 Å². The number of benzene rings is 1. The number of esters is 2. The van der Waals surface area contributed by atoms with Crippen molar-refractivity contribution in [2.75, 3.05) is 6.61 Å². The van der Waals surface area contributed by atoms with Crippen molar-refractivity contribution in [2.24, 2.45) is 5.92 Å². The van der Waals surface area contributed by atoms with Gasteiger partial charge < -0.3 is 9.47 Å². The number of pyridine rings is 1. The van der Waals surface area contributed by atoms with Crippen LogP contribution in [0.3, 0.4) is 0 Å². The number of aromatic nitrogens is 1. The first-order chi connectivity index (χ1) is 12.4. The summed E-state index contributed by atoms with van der Waals surface area (Å²) in [6.45, 7) is 8.06. The van der Waals surface area contributed by atoms with E-state index in [0.29, 0.717) is 5.92 Å². The van der Waals surface area contributed by atoms with Crippen molar-refractivity contribution >= 4 is 11.9 Å². The molecule has 1 atom stereocenters. The van der Waals surface area contributed by atoms with Crippen LogP contribution in [0.15, 0.2) is 42.6 Å². The van der Waals surface area contributed by atoms with Crippen LogP contribution >= 0.6 is 0 Å². The molecule has 0 bridgehead atoms. The van der Waals surface area contributed by atoms with Crippen LogP contribution in [0.5, 0.6) is 5.88 Å². The number of nitrogens with zero attached hydrogens (tertiary/aromatic N) is 1. The summed E-state index contributed by atoms with van der Waals surface area (Å²) in [5.41, 5.74) is 2.23. The summed E-state index contributed by atoms with van der Waals surface area (Å²) in [5.74, 6) is -0.951. The summed E-state index contributed by atoms with van der Waals surface area (Å²) in [6, 6.07) is 11.1. The lowest BCUT2D eigenvalue weighted by atomic mass is 9.97. The Morgan fingerprint density at radius 2 is 1.77 bits per heavy atom. The van der Waals surface area contributed by atoms with Crippen molar-refractivity contribution in [3.63, 3.8) is 0 Å². The molecule has 1 unspecified atom stereocenters. The molecule has 0 spiro atoms. The summed E-state index contributed by atoms with van der Waals surface area (Å²) in [6.07, 6.45) is 2.46. The van der Waals surface area contributed by atoms with E-state index in [9.17, 15) is 9.59 Å². The lowest BCUT2D eigenvalue weighted by Gasteiger charge is -2.13. The summed E-state index contributed by atoms with van der Waals surface area (Å²) in [7, 11) is 0. The van der Waals surface area contributed by atoms with Gasteiger partial charge in [-0.15, -0.1) is 0 Å². The number of ether oxygens (including phenoxy) is 2. The van der Waals surface area contributed by atoms with Crippen molar-refractivity contribution in [3.05, 3.63) is 59.3 Å². The van der Waals surface area contributed by atoms with Gasteiger partial charge in [0.25, 0.3) is 0 Å². The minimum atomic E-state index is -0.561. The molecule has 26 heavy (non-hydrogen) atoms. The molecule has 0 N–H and O–H groups in total. The largest absolute Gasteiger partial charge is 0.462 e. The van der Waals surface area contributed by atoms with Crippen molar-refractivity contribution in [1.82, 2.24) is 4.98 Å². The van der Waals surface area contributed by atoms with Crippen molar-refractivity contribution < 1.29 is 19.1 Å². The molecule has 0 saturated heterocycles. The Hall–Kier alpha value is -2.69. The fourth-order valence-electron chi connectivity index (χ4n) is 2.57. The van der Waals surface area contributed by atoms with E-state index >= 15 is 0 Å². The molecule has 2 aromatic rings. The smallest absolute Gasteiger partial charge is 0.343 e. The molecule has 138 valence electrons. The van der Waals surface area contributed by atoms with E-state index in [0.717, 1.165) is 12.0 Å². The topological polar surface area (TPSA) is 65.5 Å². The molecular weight excluding hydrogens is 330 g/mol. The normalized spacial score (nSPS) is 11.9. The number of carbonyl (C=O) groups excluding carboxylic acids is 2. The van der Waals surface area contributed by atoms with Gasteiger partial charge in [0.2, 0.25) is 5.88 Å². The Labute approximate surface area is 154 Å². The van der Waals surface area contributed by atoms with Crippen LogP contribution in [0.1, 0.15) is 55.1 Å². The Morgan fingerprint density at radius 3 is 2.38 bits per heavy atom. The fraction of sp³-hybridized carbons (Fsp3) is 0.381. The first kappa shape index (κ1) is 19.6. The molecule has 1 aromatic heterocycles.